The molecule has 4 aliphatic heterocycles. The number of rotatable bonds is 3. The number of amides is 2. The molecule has 2 aromatic rings. The quantitative estimate of drug-likeness (QED) is 0.794. The van der Waals surface area contributed by atoms with Crippen LogP contribution >= 0.6 is 0 Å². The van der Waals surface area contributed by atoms with E-state index in [1.807, 2.05) is 24.3 Å². The first-order valence-electron chi connectivity index (χ1n) is 11.2. The average Bonchev–Trinajstić information content (AvgIpc) is 2.76. The van der Waals surface area contributed by atoms with Gasteiger partial charge in [-0.3, -0.25) is 0 Å². The molecule has 4 heterocycles. The molecule has 1 N–H and O–H groups in total. The summed E-state index contributed by atoms with van der Waals surface area (Å²) in [6.07, 6.45) is 3.11. The van der Waals surface area contributed by atoms with Crippen molar-refractivity contribution in [1.82, 2.24) is 15.1 Å². The minimum Gasteiger partial charge on any atom is -0.337 e. The van der Waals surface area contributed by atoms with Gasteiger partial charge in [0.05, 0.1) is 6.04 Å². The molecule has 31 heavy (non-hydrogen) atoms. The molecule has 3 saturated heterocycles. The van der Waals surface area contributed by atoms with Crippen LogP contribution in [0.25, 0.3) is 0 Å². The molecular weight excluding hydrogens is 396 g/mol. The zero-order valence-electron chi connectivity index (χ0n) is 17.9. The highest BCUT2D eigenvalue weighted by atomic mass is 19.1. The van der Waals surface area contributed by atoms with E-state index in [0.717, 1.165) is 43.2 Å². The lowest BCUT2D eigenvalue weighted by atomic mass is 9.68. The lowest BCUT2D eigenvalue weighted by molar-refractivity contribution is -0.0150. The van der Waals surface area contributed by atoms with E-state index in [0.29, 0.717) is 24.6 Å². The molecule has 0 radical (unpaired) electrons. The van der Waals surface area contributed by atoms with Crippen molar-refractivity contribution in [2.75, 3.05) is 32.7 Å². The fraction of sp³-hybridized carbons (Fsp3) is 0.480. The average molecular weight is 426 g/mol. The van der Waals surface area contributed by atoms with Crippen LogP contribution in [0.3, 0.4) is 0 Å². The molecule has 6 heteroatoms. The van der Waals surface area contributed by atoms with E-state index in [9.17, 15) is 13.6 Å². The Morgan fingerprint density at radius 2 is 1.81 bits per heavy atom. The number of piperidine rings is 3. The van der Waals surface area contributed by atoms with Crippen LogP contribution in [-0.4, -0.2) is 48.6 Å². The SMILES string of the molecule is C[C@]1(CNC(=O)N2CCc3ccccc3[C@@H]2c2cc(F)cc(F)c2)CN2CCC1CC2. The lowest BCUT2D eigenvalue weighted by Crippen LogP contribution is -2.58. The normalized spacial score (nSPS) is 29.5. The molecule has 4 nitrogen and oxygen atoms in total. The van der Waals surface area contributed by atoms with Gasteiger partial charge >= 0.3 is 6.03 Å². The molecule has 0 aliphatic carbocycles. The number of hydrogen-bond donors (Lipinski definition) is 1. The van der Waals surface area contributed by atoms with Gasteiger partial charge in [0.15, 0.2) is 0 Å². The number of nitrogens with one attached hydrogen (secondary N) is 1. The highest BCUT2D eigenvalue weighted by Crippen LogP contribution is 2.42. The summed E-state index contributed by atoms with van der Waals surface area (Å²) in [5.74, 6) is -0.621. The van der Waals surface area contributed by atoms with Crippen LogP contribution in [-0.2, 0) is 6.42 Å². The largest absolute Gasteiger partial charge is 0.337 e. The van der Waals surface area contributed by atoms with Crippen LogP contribution in [0.4, 0.5) is 13.6 Å². The van der Waals surface area contributed by atoms with E-state index in [-0.39, 0.29) is 11.4 Å². The van der Waals surface area contributed by atoms with Gasteiger partial charge in [0, 0.05) is 31.1 Å². The second-order valence-corrected chi connectivity index (χ2v) is 9.61. The molecule has 0 spiro atoms. The third-order valence-electron chi connectivity index (χ3n) is 7.55. The van der Waals surface area contributed by atoms with E-state index in [2.05, 4.69) is 17.1 Å². The fourth-order valence-electron chi connectivity index (χ4n) is 5.89. The van der Waals surface area contributed by atoms with Crippen molar-refractivity contribution in [2.45, 2.75) is 32.2 Å². The van der Waals surface area contributed by atoms with Gasteiger partial charge in [0.25, 0.3) is 0 Å². The molecule has 164 valence electrons. The molecule has 2 amide bonds. The first kappa shape index (κ1) is 20.4. The Morgan fingerprint density at radius 3 is 2.48 bits per heavy atom. The Bertz CT molecular complexity index is 968. The van der Waals surface area contributed by atoms with Gasteiger partial charge in [-0.15, -0.1) is 0 Å². The first-order chi connectivity index (χ1) is 14.9. The van der Waals surface area contributed by atoms with Gasteiger partial charge in [-0.1, -0.05) is 31.2 Å². The summed E-state index contributed by atoms with van der Waals surface area (Å²) in [7, 11) is 0. The standard InChI is InChI=1S/C25H29F2N3O/c1-25(16-29-9-7-19(25)8-10-29)15-28-24(31)30-11-6-17-4-2-3-5-22(17)23(30)18-12-20(26)14-21(27)13-18/h2-5,12-14,19,23H,6-11,15-16H2,1H3,(H,28,31)/t23-,25-/m0/s1. The van der Waals surface area contributed by atoms with Crippen LogP contribution in [0.2, 0.25) is 0 Å². The number of fused-ring (bicyclic) bond motifs is 4. The molecule has 0 unspecified atom stereocenters. The Morgan fingerprint density at radius 1 is 1.10 bits per heavy atom. The van der Waals surface area contributed by atoms with E-state index < -0.39 is 17.7 Å². The summed E-state index contributed by atoms with van der Waals surface area (Å²) in [5.41, 5.74) is 2.59. The number of carbonyl (C=O) groups excluding carboxylic acids is 1. The highest BCUT2D eigenvalue weighted by molar-refractivity contribution is 5.76. The summed E-state index contributed by atoms with van der Waals surface area (Å²) >= 11 is 0. The Labute approximate surface area is 182 Å². The minimum atomic E-state index is -0.627. The van der Waals surface area contributed by atoms with Crippen molar-refractivity contribution in [2.24, 2.45) is 11.3 Å². The monoisotopic (exact) mass is 425 g/mol. The van der Waals surface area contributed by atoms with Gasteiger partial charge in [0.1, 0.15) is 11.6 Å². The third kappa shape index (κ3) is 3.82. The summed E-state index contributed by atoms with van der Waals surface area (Å²) in [5, 5.41) is 3.18. The van der Waals surface area contributed by atoms with Gasteiger partial charge in [-0.25, -0.2) is 13.6 Å². The molecule has 0 aromatic heterocycles. The lowest BCUT2D eigenvalue weighted by Gasteiger charge is -2.52. The van der Waals surface area contributed by atoms with Crippen molar-refractivity contribution >= 4 is 6.03 Å². The smallest absolute Gasteiger partial charge is 0.318 e. The Hall–Kier alpha value is -2.47. The maximum Gasteiger partial charge on any atom is 0.318 e. The van der Waals surface area contributed by atoms with E-state index in [1.165, 1.54) is 25.0 Å². The summed E-state index contributed by atoms with van der Waals surface area (Å²) in [6, 6.07) is 10.7. The topological polar surface area (TPSA) is 35.6 Å². The van der Waals surface area contributed by atoms with Crippen LogP contribution in [0.15, 0.2) is 42.5 Å². The number of nitrogens with zero attached hydrogens (tertiary/aromatic N) is 2. The van der Waals surface area contributed by atoms with E-state index in [1.54, 1.807) is 4.90 Å². The van der Waals surface area contributed by atoms with Crippen molar-refractivity contribution in [3.05, 3.63) is 70.8 Å². The summed E-state index contributed by atoms with van der Waals surface area (Å²) in [4.78, 5) is 17.6. The van der Waals surface area contributed by atoms with Crippen molar-refractivity contribution in [3.63, 3.8) is 0 Å². The second-order valence-electron chi connectivity index (χ2n) is 9.61. The van der Waals surface area contributed by atoms with E-state index in [4.69, 9.17) is 0 Å². The number of hydrogen-bond acceptors (Lipinski definition) is 2. The molecule has 0 saturated carbocycles. The van der Waals surface area contributed by atoms with Crippen LogP contribution in [0.1, 0.15) is 42.5 Å². The second kappa shape index (κ2) is 7.90. The molecule has 2 bridgehead atoms. The zero-order chi connectivity index (χ0) is 21.6. The van der Waals surface area contributed by atoms with Crippen molar-refractivity contribution in [3.8, 4) is 0 Å². The maximum atomic E-state index is 14.1. The molecule has 2 atom stereocenters. The van der Waals surface area contributed by atoms with Gasteiger partial charge < -0.3 is 15.1 Å². The maximum absolute atomic E-state index is 14.1. The Kier molecular flexibility index (Phi) is 5.21. The number of urea groups is 1. The van der Waals surface area contributed by atoms with Crippen LogP contribution < -0.4 is 5.32 Å². The third-order valence-corrected chi connectivity index (χ3v) is 7.55. The van der Waals surface area contributed by atoms with Crippen molar-refractivity contribution in [1.29, 1.82) is 0 Å². The van der Waals surface area contributed by atoms with Crippen molar-refractivity contribution < 1.29 is 13.6 Å². The van der Waals surface area contributed by atoms with E-state index >= 15 is 0 Å². The predicted molar refractivity (Wildman–Crippen MR) is 116 cm³/mol. The predicted octanol–water partition coefficient (Wildman–Crippen LogP) is 4.35. The zero-order valence-corrected chi connectivity index (χ0v) is 17.9. The summed E-state index contributed by atoms with van der Waals surface area (Å²) < 4.78 is 28.1. The number of benzene rings is 2. The first-order valence-corrected chi connectivity index (χ1v) is 11.2. The Balaban J connectivity index is 1.41. The van der Waals surface area contributed by atoms with Gasteiger partial charge in [0.2, 0.25) is 0 Å². The van der Waals surface area contributed by atoms with Gasteiger partial charge in [-0.05, 0) is 67.1 Å². The van der Waals surface area contributed by atoms with Crippen LogP contribution in [0.5, 0.6) is 0 Å². The van der Waals surface area contributed by atoms with Crippen LogP contribution in [0, 0.1) is 23.0 Å². The van der Waals surface area contributed by atoms with Gasteiger partial charge in [-0.2, -0.15) is 0 Å². The fourth-order valence-corrected chi connectivity index (χ4v) is 5.89. The molecule has 3 fully saturated rings. The number of halogens is 2. The highest BCUT2D eigenvalue weighted by Gasteiger charge is 2.43. The minimum absolute atomic E-state index is 0.0698. The summed E-state index contributed by atoms with van der Waals surface area (Å²) in [6.45, 7) is 6.73. The molecular formula is C25H29F2N3O. The molecule has 2 aromatic carbocycles. The number of carbonyl (C=O) groups is 1. The molecule has 4 aliphatic rings. The molecule has 6 rings (SSSR count).